The number of rotatable bonds is 8. The highest BCUT2D eigenvalue weighted by Crippen LogP contribution is 2.44. The topological polar surface area (TPSA) is 76.1 Å². The van der Waals surface area contributed by atoms with Crippen LogP contribution in [0.25, 0.3) is 0 Å². The Balaban J connectivity index is 1.63. The van der Waals surface area contributed by atoms with Crippen LogP contribution < -0.4 is 4.74 Å². The molecule has 6 heteroatoms. The first-order valence-electron chi connectivity index (χ1n) is 8.84. The number of likely N-dealkylation sites (tertiary alicyclic amines) is 1. The SMILES string of the molecule is COCCCOc1cccc(C(=O)N2C[C@H](C(=O)O)[C@@H](C3CC3)C2)c1. The summed E-state index contributed by atoms with van der Waals surface area (Å²) in [6.45, 7) is 2.00. The molecule has 1 aromatic carbocycles. The van der Waals surface area contributed by atoms with Gasteiger partial charge in [-0.15, -0.1) is 0 Å². The molecule has 2 aliphatic rings. The molecule has 1 amide bonds. The van der Waals surface area contributed by atoms with E-state index in [1.165, 1.54) is 0 Å². The van der Waals surface area contributed by atoms with E-state index < -0.39 is 11.9 Å². The van der Waals surface area contributed by atoms with Gasteiger partial charge in [0.2, 0.25) is 0 Å². The minimum Gasteiger partial charge on any atom is -0.493 e. The second kappa shape index (κ2) is 7.87. The fourth-order valence-corrected chi connectivity index (χ4v) is 3.55. The van der Waals surface area contributed by atoms with E-state index in [-0.39, 0.29) is 11.8 Å². The van der Waals surface area contributed by atoms with Crippen LogP contribution in [0.15, 0.2) is 24.3 Å². The summed E-state index contributed by atoms with van der Waals surface area (Å²) in [5, 5.41) is 9.45. The lowest BCUT2D eigenvalue weighted by Crippen LogP contribution is -2.29. The molecule has 0 radical (unpaired) electrons. The summed E-state index contributed by atoms with van der Waals surface area (Å²) in [7, 11) is 1.65. The standard InChI is InChI=1S/C19H25NO5/c1-24-8-3-9-25-15-5-2-4-14(10-15)18(21)20-11-16(13-6-7-13)17(12-20)19(22)23/h2,4-5,10,13,16-17H,3,6-9,11-12H2,1H3,(H,22,23)/t16-,17+/m1/s1. The molecule has 1 saturated carbocycles. The Morgan fingerprint density at radius 2 is 2.04 bits per heavy atom. The van der Waals surface area contributed by atoms with E-state index in [2.05, 4.69) is 0 Å². The molecular weight excluding hydrogens is 322 g/mol. The summed E-state index contributed by atoms with van der Waals surface area (Å²) < 4.78 is 10.6. The number of carboxylic acid groups (broad SMARTS) is 1. The number of nitrogens with zero attached hydrogens (tertiary/aromatic N) is 1. The van der Waals surface area contributed by atoms with Crippen LogP contribution in [0.4, 0.5) is 0 Å². The third-order valence-electron chi connectivity index (χ3n) is 5.04. The van der Waals surface area contributed by atoms with Crippen LogP contribution in [0.2, 0.25) is 0 Å². The van der Waals surface area contributed by atoms with E-state index in [9.17, 15) is 14.7 Å². The lowest BCUT2D eigenvalue weighted by Gasteiger charge is -2.17. The van der Waals surface area contributed by atoms with Gasteiger partial charge in [0.15, 0.2) is 0 Å². The van der Waals surface area contributed by atoms with Gasteiger partial charge in [0.1, 0.15) is 5.75 Å². The van der Waals surface area contributed by atoms with Gasteiger partial charge in [-0.2, -0.15) is 0 Å². The summed E-state index contributed by atoms with van der Waals surface area (Å²) in [6, 6.07) is 7.10. The zero-order valence-electron chi connectivity index (χ0n) is 14.5. The van der Waals surface area contributed by atoms with E-state index in [0.29, 0.717) is 43.5 Å². The number of carboxylic acids is 1. The van der Waals surface area contributed by atoms with Crippen molar-refractivity contribution < 1.29 is 24.2 Å². The molecule has 136 valence electrons. The number of ether oxygens (including phenoxy) is 2. The molecule has 3 rings (SSSR count). The van der Waals surface area contributed by atoms with Crippen molar-refractivity contribution in [1.82, 2.24) is 4.90 Å². The Morgan fingerprint density at radius 3 is 2.72 bits per heavy atom. The van der Waals surface area contributed by atoms with Gasteiger partial charge in [0, 0.05) is 38.8 Å². The van der Waals surface area contributed by atoms with E-state index >= 15 is 0 Å². The average molecular weight is 347 g/mol. The summed E-state index contributed by atoms with van der Waals surface area (Å²) in [5.74, 6) is -0.136. The molecule has 1 aliphatic heterocycles. The van der Waals surface area contributed by atoms with Gasteiger partial charge < -0.3 is 19.5 Å². The molecule has 2 fully saturated rings. The lowest BCUT2D eigenvalue weighted by molar-refractivity contribution is -0.142. The Bertz CT molecular complexity index is 628. The van der Waals surface area contributed by atoms with Crippen LogP contribution in [-0.4, -0.2) is 55.3 Å². The van der Waals surface area contributed by atoms with Crippen molar-refractivity contribution in [3.05, 3.63) is 29.8 Å². The highest BCUT2D eigenvalue weighted by Gasteiger charge is 2.46. The number of amides is 1. The highest BCUT2D eigenvalue weighted by molar-refractivity contribution is 5.95. The maximum absolute atomic E-state index is 12.8. The molecule has 2 atom stereocenters. The maximum Gasteiger partial charge on any atom is 0.308 e. The number of hydrogen-bond acceptors (Lipinski definition) is 4. The predicted octanol–water partition coefficient (Wildman–Crippen LogP) is 2.28. The number of hydrogen-bond donors (Lipinski definition) is 1. The van der Waals surface area contributed by atoms with E-state index in [0.717, 1.165) is 19.3 Å². The lowest BCUT2D eigenvalue weighted by atomic mass is 9.92. The van der Waals surface area contributed by atoms with E-state index in [1.807, 2.05) is 6.07 Å². The summed E-state index contributed by atoms with van der Waals surface area (Å²) in [4.78, 5) is 26.0. The van der Waals surface area contributed by atoms with Gasteiger partial charge >= 0.3 is 5.97 Å². The molecule has 0 bridgehead atoms. The van der Waals surface area contributed by atoms with E-state index in [4.69, 9.17) is 9.47 Å². The third-order valence-corrected chi connectivity index (χ3v) is 5.04. The minimum absolute atomic E-state index is 0.0925. The number of benzene rings is 1. The fourth-order valence-electron chi connectivity index (χ4n) is 3.55. The summed E-state index contributed by atoms with van der Waals surface area (Å²) >= 11 is 0. The van der Waals surface area contributed by atoms with Crippen molar-refractivity contribution in [3.8, 4) is 5.75 Å². The third kappa shape index (κ3) is 4.31. The zero-order valence-corrected chi connectivity index (χ0v) is 14.5. The highest BCUT2D eigenvalue weighted by atomic mass is 16.5. The normalized spacial score (nSPS) is 22.8. The first-order chi connectivity index (χ1) is 12.1. The van der Waals surface area contributed by atoms with Crippen molar-refractivity contribution in [3.63, 3.8) is 0 Å². The van der Waals surface area contributed by atoms with Crippen LogP contribution in [0, 0.1) is 17.8 Å². The van der Waals surface area contributed by atoms with E-state index in [1.54, 1.807) is 30.2 Å². The number of aliphatic carboxylic acids is 1. The Hall–Kier alpha value is -2.08. The number of carbonyl (C=O) groups is 2. The van der Waals surface area contributed by atoms with Crippen LogP contribution in [-0.2, 0) is 9.53 Å². The van der Waals surface area contributed by atoms with Gasteiger partial charge in [0.05, 0.1) is 12.5 Å². The molecule has 25 heavy (non-hydrogen) atoms. The Kier molecular flexibility index (Phi) is 5.58. The van der Waals surface area contributed by atoms with Crippen molar-refractivity contribution in [1.29, 1.82) is 0 Å². The zero-order chi connectivity index (χ0) is 17.8. The quantitative estimate of drug-likeness (QED) is 0.730. The molecule has 0 spiro atoms. The van der Waals surface area contributed by atoms with Gasteiger partial charge in [-0.3, -0.25) is 9.59 Å². The van der Waals surface area contributed by atoms with Gasteiger partial charge in [-0.1, -0.05) is 6.07 Å². The number of carbonyl (C=O) groups excluding carboxylic acids is 1. The smallest absolute Gasteiger partial charge is 0.308 e. The second-order valence-corrected chi connectivity index (χ2v) is 6.88. The van der Waals surface area contributed by atoms with Crippen molar-refractivity contribution in [2.75, 3.05) is 33.4 Å². The summed E-state index contributed by atoms with van der Waals surface area (Å²) in [6.07, 6.45) is 2.95. The van der Waals surface area contributed by atoms with Crippen molar-refractivity contribution >= 4 is 11.9 Å². The first-order valence-corrected chi connectivity index (χ1v) is 8.84. The van der Waals surface area contributed by atoms with Crippen molar-refractivity contribution in [2.45, 2.75) is 19.3 Å². The molecule has 1 N–H and O–H groups in total. The fraction of sp³-hybridized carbons (Fsp3) is 0.579. The van der Waals surface area contributed by atoms with Crippen LogP contribution >= 0.6 is 0 Å². The van der Waals surface area contributed by atoms with Crippen LogP contribution in [0.5, 0.6) is 5.75 Å². The maximum atomic E-state index is 12.8. The van der Waals surface area contributed by atoms with Crippen molar-refractivity contribution in [2.24, 2.45) is 17.8 Å². The molecule has 1 saturated heterocycles. The molecule has 0 aromatic heterocycles. The monoisotopic (exact) mass is 347 g/mol. The van der Waals surface area contributed by atoms with Crippen LogP contribution in [0.3, 0.4) is 0 Å². The van der Waals surface area contributed by atoms with Crippen LogP contribution in [0.1, 0.15) is 29.6 Å². The molecule has 6 nitrogen and oxygen atoms in total. The molecular formula is C19H25NO5. The Labute approximate surface area is 147 Å². The largest absolute Gasteiger partial charge is 0.493 e. The van der Waals surface area contributed by atoms with Gasteiger partial charge in [-0.05, 0) is 42.9 Å². The number of methoxy groups -OCH3 is 1. The summed E-state index contributed by atoms with van der Waals surface area (Å²) in [5.41, 5.74) is 0.546. The molecule has 1 heterocycles. The second-order valence-electron chi connectivity index (χ2n) is 6.88. The van der Waals surface area contributed by atoms with Gasteiger partial charge in [0.25, 0.3) is 5.91 Å². The average Bonchev–Trinajstić information content (AvgIpc) is 3.36. The van der Waals surface area contributed by atoms with Gasteiger partial charge in [-0.25, -0.2) is 0 Å². The predicted molar refractivity (Wildman–Crippen MR) is 91.7 cm³/mol. The minimum atomic E-state index is -0.789. The molecule has 0 unspecified atom stereocenters. The Morgan fingerprint density at radius 1 is 1.24 bits per heavy atom. The molecule has 1 aromatic rings. The molecule has 1 aliphatic carbocycles. The first kappa shape index (κ1) is 17.7.